The van der Waals surface area contributed by atoms with Crippen molar-refractivity contribution in [2.24, 2.45) is 0 Å². The first kappa shape index (κ1) is 22.9. The minimum Gasteiger partial charge on any atom is -1.00 e. The Morgan fingerprint density at radius 1 is 1.14 bits per heavy atom. The molecule has 0 N–H and O–H groups in total. The van der Waals surface area contributed by atoms with Gasteiger partial charge in [-0.1, -0.05) is 9.67 Å². The first-order chi connectivity index (χ1) is 12.5. The molecule has 7 nitrogen and oxygen atoms in total. The van der Waals surface area contributed by atoms with E-state index in [1.165, 1.54) is 6.42 Å². The van der Waals surface area contributed by atoms with Crippen molar-refractivity contribution in [2.45, 2.75) is 84.3 Å². The fourth-order valence-electron chi connectivity index (χ4n) is 3.67. The number of hydroxylamine groups is 2. The highest BCUT2D eigenvalue weighted by atomic mass is 79.9. The second-order valence-corrected chi connectivity index (χ2v) is 9.64. The molecule has 1 saturated heterocycles. The van der Waals surface area contributed by atoms with Gasteiger partial charge in [0.25, 0.3) is 0 Å². The third kappa shape index (κ3) is 4.96. The zero-order chi connectivity index (χ0) is 19.9. The summed E-state index contributed by atoms with van der Waals surface area (Å²) < 4.78 is 9.24. The number of allylic oxidation sites excluding steroid dienone is 2. The third-order valence-corrected chi connectivity index (χ3v) is 5.13. The van der Waals surface area contributed by atoms with Gasteiger partial charge >= 0.3 is 0 Å². The molecule has 0 amide bonds. The first-order valence-electron chi connectivity index (χ1n) is 9.65. The van der Waals surface area contributed by atoms with E-state index in [4.69, 9.17) is 14.6 Å². The van der Waals surface area contributed by atoms with Crippen LogP contribution in [-0.2, 0) is 20.2 Å². The van der Waals surface area contributed by atoms with Crippen LogP contribution in [-0.4, -0.2) is 32.6 Å². The Kier molecular flexibility index (Phi) is 6.68. The fourth-order valence-corrected chi connectivity index (χ4v) is 3.67. The Labute approximate surface area is 178 Å². The predicted molar refractivity (Wildman–Crippen MR) is 102 cm³/mol. The first-order valence-corrected chi connectivity index (χ1v) is 9.65. The number of hydrogen-bond donors (Lipinski definition) is 0. The number of nitrogens with zero attached hydrogens (tertiary/aromatic N) is 4. The predicted octanol–water partition coefficient (Wildman–Crippen LogP) is 0.548. The molecule has 158 valence electrons. The largest absolute Gasteiger partial charge is 1.00 e. The molecule has 3 rings (SSSR count). The molecule has 8 heteroatoms. The molecule has 0 saturated carbocycles. The Bertz CT molecular complexity index is 731. The second kappa shape index (κ2) is 8.16. The number of rotatable bonds is 4. The Morgan fingerprint density at radius 3 is 2.36 bits per heavy atom. The smallest absolute Gasteiger partial charge is 0.193 e. The van der Waals surface area contributed by atoms with Crippen LogP contribution < -0.4 is 21.7 Å². The molecule has 0 spiro atoms. The van der Waals surface area contributed by atoms with Crippen molar-refractivity contribution in [3.8, 4) is 0 Å². The average molecular weight is 457 g/mol. The van der Waals surface area contributed by atoms with E-state index in [0.29, 0.717) is 12.4 Å². The molecule has 2 aliphatic rings. The average Bonchev–Trinajstić information content (AvgIpc) is 3.03. The molecule has 3 heterocycles. The SMILES string of the molecule is CC1(C)CCCC(C)(C)N1OOC1=CC(n2cc[n+](C(C)(C)C)n2)=COC1.[Br-]. The van der Waals surface area contributed by atoms with E-state index in [9.17, 15) is 0 Å². The van der Waals surface area contributed by atoms with Crippen LogP contribution in [0.1, 0.15) is 67.7 Å². The topological polar surface area (TPSA) is 52.6 Å². The molecule has 28 heavy (non-hydrogen) atoms. The summed E-state index contributed by atoms with van der Waals surface area (Å²) in [6.07, 6.45) is 10.7. The molecule has 1 aromatic rings. The van der Waals surface area contributed by atoms with E-state index in [1.807, 2.05) is 28.2 Å². The van der Waals surface area contributed by atoms with Gasteiger partial charge in [0.15, 0.2) is 23.8 Å². The lowest BCUT2D eigenvalue weighted by Crippen LogP contribution is -3.00. The molecule has 0 radical (unpaired) electrons. The van der Waals surface area contributed by atoms with Crippen LogP contribution in [0.15, 0.2) is 30.5 Å². The lowest BCUT2D eigenvalue weighted by Gasteiger charge is -2.49. The molecule has 0 aromatic carbocycles. The monoisotopic (exact) mass is 456 g/mol. The van der Waals surface area contributed by atoms with Gasteiger partial charge in [-0.2, -0.15) is 0 Å². The summed E-state index contributed by atoms with van der Waals surface area (Å²) in [5, 5.41) is 6.55. The lowest BCUT2D eigenvalue weighted by molar-refractivity contribution is -0.806. The minimum absolute atomic E-state index is 0. The number of halogens is 1. The molecule has 1 aromatic heterocycles. The zero-order valence-corrected chi connectivity index (χ0v) is 19.6. The molecule has 0 atom stereocenters. The van der Waals surface area contributed by atoms with Gasteiger partial charge in [-0.15, -0.1) is 9.75 Å². The summed E-state index contributed by atoms with van der Waals surface area (Å²) in [5.41, 5.74) is 0.534. The van der Waals surface area contributed by atoms with Crippen molar-refractivity contribution in [1.82, 2.24) is 15.0 Å². The lowest BCUT2D eigenvalue weighted by atomic mass is 9.82. The second-order valence-electron chi connectivity index (χ2n) is 9.64. The normalized spacial score (nSPS) is 21.8. The van der Waals surface area contributed by atoms with Crippen molar-refractivity contribution in [2.75, 3.05) is 6.61 Å². The Hall–Kier alpha value is -1.38. The van der Waals surface area contributed by atoms with Crippen molar-refractivity contribution >= 4 is 5.70 Å². The standard InChI is InChI=1S/C20H33N4O3.BrH/c1-18(2,3)23-12-11-22(21-23)16-13-17(15-25-14-16)26-27-24-19(4,5)9-8-10-20(24,6)7;/h11-14H,8-10,15H2,1-7H3;1H/q+1;/p-1. The highest BCUT2D eigenvalue weighted by Crippen LogP contribution is 2.38. The van der Waals surface area contributed by atoms with Gasteiger partial charge in [-0.25, -0.2) is 0 Å². The van der Waals surface area contributed by atoms with E-state index >= 15 is 0 Å². The van der Waals surface area contributed by atoms with Crippen LogP contribution >= 0.6 is 0 Å². The van der Waals surface area contributed by atoms with Crippen LogP contribution in [0.25, 0.3) is 5.70 Å². The number of ether oxygens (including phenoxy) is 1. The zero-order valence-electron chi connectivity index (χ0n) is 18.0. The van der Waals surface area contributed by atoms with Crippen LogP contribution in [0.3, 0.4) is 0 Å². The van der Waals surface area contributed by atoms with Gasteiger partial charge in [0, 0.05) is 17.2 Å². The Balaban J connectivity index is 0.00000280. The number of piperidine rings is 1. The molecular weight excluding hydrogens is 424 g/mol. The summed E-state index contributed by atoms with van der Waals surface area (Å²) in [6, 6.07) is 0. The molecule has 0 aliphatic carbocycles. The van der Waals surface area contributed by atoms with Crippen molar-refractivity contribution < 1.29 is 36.3 Å². The maximum Gasteiger partial charge on any atom is 0.193 e. The van der Waals surface area contributed by atoms with Crippen LogP contribution in [0.4, 0.5) is 0 Å². The Morgan fingerprint density at radius 2 is 1.79 bits per heavy atom. The summed E-state index contributed by atoms with van der Waals surface area (Å²) in [7, 11) is 0. The van der Waals surface area contributed by atoms with Gasteiger partial charge in [-0.3, -0.25) is 0 Å². The summed E-state index contributed by atoms with van der Waals surface area (Å²) in [6.45, 7) is 15.4. The van der Waals surface area contributed by atoms with Crippen LogP contribution in [0.5, 0.6) is 0 Å². The van der Waals surface area contributed by atoms with E-state index in [0.717, 1.165) is 18.5 Å². The highest BCUT2D eigenvalue weighted by Gasteiger charge is 2.44. The van der Waals surface area contributed by atoms with Gasteiger partial charge in [-0.05, 0) is 67.7 Å². The number of hydrogen-bond acceptors (Lipinski definition) is 5. The van der Waals surface area contributed by atoms with E-state index in [1.54, 1.807) is 10.9 Å². The van der Waals surface area contributed by atoms with E-state index in [-0.39, 0.29) is 33.6 Å². The highest BCUT2D eigenvalue weighted by molar-refractivity contribution is 5.56. The van der Waals surface area contributed by atoms with Crippen LogP contribution in [0.2, 0.25) is 0 Å². The maximum absolute atomic E-state index is 5.82. The third-order valence-electron chi connectivity index (χ3n) is 5.13. The fraction of sp³-hybridized carbons (Fsp3) is 0.700. The van der Waals surface area contributed by atoms with E-state index in [2.05, 4.69) is 53.7 Å². The summed E-state index contributed by atoms with van der Waals surface area (Å²) >= 11 is 0. The van der Waals surface area contributed by atoms with Crippen LogP contribution in [0, 0.1) is 0 Å². The van der Waals surface area contributed by atoms with Gasteiger partial charge in [0.2, 0.25) is 0 Å². The molecule has 0 unspecified atom stereocenters. The van der Waals surface area contributed by atoms with E-state index < -0.39 is 0 Å². The molecular formula is C20H33BrN4O3. The van der Waals surface area contributed by atoms with Gasteiger partial charge in [0.05, 0.1) is 5.21 Å². The van der Waals surface area contributed by atoms with Crippen molar-refractivity contribution in [3.05, 3.63) is 30.5 Å². The van der Waals surface area contributed by atoms with Gasteiger partial charge in [0.1, 0.15) is 18.4 Å². The maximum atomic E-state index is 5.82. The van der Waals surface area contributed by atoms with Gasteiger partial charge < -0.3 is 26.6 Å². The quantitative estimate of drug-likeness (QED) is 0.376. The summed E-state index contributed by atoms with van der Waals surface area (Å²) in [4.78, 5) is 11.5. The minimum atomic E-state index is -0.0866. The molecule has 1 fully saturated rings. The van der Waals surface area contributed by atoms with Crippen molar-refractivity contribution in [1.29, 1.82) is 0 Å². The molecule has 0 bridgehead atoms. The molecule has 2 aliphatic heterocycles. The summed E-state index contributed by atoms with van der Waals surface area (Å²) in [5.74, 6) is 0.613. The van der Waals surface area contributed by atoms with Crippen molar-refractivity contribution in [3.63, 3.8) is 0 Å². The number of aromatic nitrogens is 3.